The molecule has 1 atom stereocenters. The predicted octanol–water partition coefficient (Wildman–Crippen LogP) is 3.03. The van der Waals surface area contributed by atoms with E-state index in [9.17, 15) is 14.7 Å². The van der Waals surface area contributed by atoms with Crippen LogP contribution in [0.15, 0.2) is 42.6 Å². The van der Waals surface area contributed by atoms with E-state index >= 15 is 0 Å². The first kappa shape index (κ1) is 22.1. The minimum atomic E-state index is -0.525. The average molecular weight is 475 g/mol. The molecule has 6 rings (SSSR count). The number of carbonyl (C=O) groups is 2. The molecule has 8 heteroatoms. The number of benzene rings is 1. The molecule has 2 amide bonds. The highest BCUT2D eigenvalue weighted by atomic mass is 16.5. The SMILES string of the molecule is COc1ccc2c3c([nH]c2c1)[C@@H](CO)N(C(=O)c1ccccn1)CC31CN(C(=O)C2CCCC2)C1. The number of nitrogens with one attached hydrogen (secondary N) is 1. The van der Waals surface area contributed by atoms with Gasteiger partial charge in [-0.2, -0.15) is 0 Å². The molecule has 0 radical (unpaired) electrons. The maximum Gasteiger partial charge on any atom is 0.273 e. The number of carbonyl (C=O) groups excluding carboxylic acids is 2. The topological polar surface area (TPSA) is 98.8 Å². The fourth-order valence-electron chi connectivity index (χ4n) is 6.39. The third kappa shape index (κ3) is 3.42. The van der Waals surface area contributed by atoms with E-state index in [0.29, 0.717) is 25.3 Å². The molecule has 0 unspecified atom stereocenters. The van der Waals surface area contributed by atoms with E-state index in [0.717, 1.165) is 53.6 Å². The number of likely N-dealkylation sites (tertiary alicyclic amines) is 1. The third-order valence-electron chi connectivity index (χ3n) is 8.07. The molecule has 35 heavy (non-hydrogen) atoms. The van der Waals surface area contributed by atoms with E-state index in [1.165, 1.54) is 0 Å². The Morgan fingerprint density at radius 1 is 1.17 bits per heavy atom. The Balaban J connectivity index is 1.43. The Labute approximate surface area is 203 Å². The molecule has 8 nitrogen and oxygen atoms in total. The number of amides is 2. The van der Waals surface area contributed by atoms with Gasteiger partial charge in [-0.1, -0.05) is 18.9 Å². The summed E-state index contributed by atoms with van der Waals surface area (Å²) in [6.45, 7) is 1.35. The van der Waals surface area contributed by atoms with Crippen LogP contribution < -0.4 is 4.74 Å². The van der Waals surface area contributed by atoms with Gasteiger partial charge in [-0.05, 0) is 42.7 Å². The zero-order chi connectivity index (χ0) is 24.2. The van der Waals surface area contributed by atoms with Gasteiger partial charge >= 0.3 is 0 Å². The van der Waals surface area contributed by atoms with Crippen molar-refractivity contribution >= 4 is 22.7 Å². The maximum absolute atomic E-state index is 13.6. The van der Waals surface area contributed by atoms with Crippen LogP contribution in [0.5, 0.6) is 5.75 Å². The molecule has 3 aromatic rings. The Bertz CT molecular complexity index is 1280. The van der Waals surface area contributed by atoms with Gasteiger partial charge in [0.15, 0.2) is 0 Å². The fraction of sp³-hybridized carbons (Fsp3) is 0.444. The first-order valence-electron chi connectivity index (χ1n) is 12.4. The van der Waals surface area contributed by atoms with E-state index in [1.54, 1.807) is 36.4 Å². The number of hydrogen-bond donors (Lipinski definition) is 2. The van der Waals surface area contributed by atoms with E-state index in [2.05, 4.69) is 9.97 Å². The number of H-pyrrole nitrogens is 1. The second kappa shape index (κ2) is 8.37. The van der Waals surface area contributed by atoms with Crippen molar-refractivity contribution in [3.8, 4) is 5.75 Å². The number of aliphatic hydroxyl groups excluding tert-OH is 1. The predicted molar refractivity (Wildman–Crippen MR) is 130 cm³/mol. The summed E-state index contributed by atoms with van der Waals surface area (Å²) < 4.78 is 5.43. The van der Waals surface area contributed by atoms with Gasteiger partial charge in [0.1, 0.15) is 11.4 Å². The number of rotatable bonds is 4. The summed E-state index contributed by atoms with van der Waals surface area (Å²) in [5.74, 6) is 0.882. The van der Waals surface area contributed by atoms with Crippen LogP contribution >= 0.6 is 0 Å². The van der Waals surface area contributed by atoms with Gasteiger partial charge in [0.2, 0.25) is 5.91 Å². The van der Waals surface area contributed by atoms with Gasteiger partial charge in [-0.25, -0.2) is 0 Å². The number of fused-ring (bicyclic) bond motifs is 4. The molecular formula is C27H30N4O4. The van der Waals surface area contributed by atoms with Crippen molar-refractivity contribution in [2.24, 2.45) is 5.92 Å². The lowest BCUT2D eigenvalue weighted by atomic mass is 9.68. The summed E-state index contributed by atoms with van der Waals surface area (Å²) in [6.07, 6.45) is 5.78. The zero-order valence-electron chi connectivity index (χ0n) is 19.9. The van der Waals surface area contributed by atoms with Gasteiger partial charge in [0, 0.05) is 54.4 Å². The fourth-order valence-corrected chi connectivity index (χ4v) is 6.39. The van der Waals surface area contributed by atoms with Crippen LogP contribution in [0.3, 0.4) is 0 Å². The number of aliphatic hydroxyl groups is 1. The highest BCUT2D eigenvalue weighted by Gasteiger charge is 2.55. The molecule has 2 N–H and O–H groups in total. The van der Waals surface area contributed by atoms with Crippen molar-refractivity contribution in [3.05, 3.63) is 59.5 Å². The average Bonchev–Trinajstić information content (AvgIpc) is 3.54. The van der Waals surface area contributed by atoms with Crippen LogP contribution in [0.4, 0.5) is 0 Å². The summed E-state index contributed by atoms with van der Waals surface area (Å²) in [5, 5.41) is 11.5. The lowest BCUT2D eigenvalue weighted by molar-refractivity contribution is -0.144. The minimum Gasteiger partial charge on any atom is -0.497 e. The normalized spacial score (nSPS) is 21.3. The van der Waals surface area contributed by atoms with Crippen molar-refractivity contribution in [1.82, 2.24) is 19.8 Å². The molecule has 1 saturated heterocycles. The summed E-state index contributed by atoms with van der Waals surface area (Å²) in [4.78, 5) is 38.2. The van der Waals surface area contributed by atoms with Crippen molar-refractivity contribution in [3.63, 3.8) is 0 Å². The first-order valence-corrected chi connectivity index (χ1v) is 12.4. The first-order chi connectivity index (χ1) is 17.0. The third-order valence-corrected chi connectivity index (χ3v) is 8.07. The molecule has 1 aromatic carbocycles. The molecule has 1 aliphatic carbocycles. The zero-order valence-corrected chi connectivity index (χ0v) is 19.9. The summed E-state index contributed by atoms with van der Waals surface area (Å²) in [5.41, 5.74) is 2.79. The number of aromatic nitrogens is 2. The Kier molecular flexibility index (Phi) is 5.29. The van der Waals surface area contributed by atoms with E-state index < -0.39 is 11.5 Å². The van der Waals surface area contributed by atoms with Gasteiger partial charge in [-0.15, -0.1) is 0 Å². The lowest BCUT2D eigenvalue weighted by Gasteiger charge is -2.56. The van der Waals surface area contributed by atoms with Crippen molar-refractivity contribution in [2.45, 2.75) is 37.1 Å². The Hall–Kier alpha value is -3.39. The second-order valence-corrected chi connectivity index (χ2v) is 10.1. The van der Waals surface area contributed by atoms with E-state index in [1.807, 2.05) is 23.1 Å². The van der Waals surface area contributed by atoms with Crippen LogP contribution in [-0.2, 0) is 10.2 Å². The number of nitrogens with zero attached hydrogens (tertiary/aromatic N) is 3. The van der Waals surface area contributed by atoms with E-state index in [4.69, 9.17) is 4.74 Å². The van der Waals surface area contributed by atoms with Crippen LogP contribution in [0.2, 0.25) is 0 Å². The van der Waals surface area contributed by atoms with Crippen molar-refractivity contribution < 1.29 is 19.4 Å². The van der Waals surface area contributed by atoms with E-state index in [-0.39, 0.29) is 24.3 Å². The highest BCUT2D eigenvalue weighted by molar-refractivity contribution is 5.95. The van der Waals surface area contributed by atoms with Crippen molar-refractivity contribution in [2.75, 3.05) is 33.4 Å². The number of aromatic amines is 1. The molecule has 1 spiro atoms. The van der Waals surface area contributed by atoms with Gasteiger partial charge in [-0.3, -0.25) is 14.6 Å². The van der Waals surface area contributed by atoms with Crippen LogP contribution in [0.25, 0.3) is 10.9 Å². The Morgan fingerprint density at radius 2 is 1.97 bits per heavy atom. The van der Waals surface area contributed by atoms with Crippen LogP contribution in [-0.4, -0.2) is 70.0 Å². The van der Waals surface area contributed by atoms with Crippen LogP contribution in [0.1, 0.15) is 53.5 Å². The molecule has 2 aromatic heterocycles. The van der Waals surface area contributed by atoms with Crippen LogP contribution in [0, 0.1) is 5.92 Å². The quantitative estimate of drug-likeness (QED) is 0.606. The maximum atomic E-state index is 13.6. The monoisotopic (exact) mass is 474 g/mol. The minimum absolute atomic E-state index is 0.124. The van der Waals surface area contributed by atoms with Gasteiger partial charge < -0.3 is 24.6 Å². The molecule has 2 aliphatic heterocycles. The number of methoxy groups -OCH3 is 1. The molecular weight excluding hydrogens is 444 g/mol. The number of pyridine rings is 1. The lowest BCUT2D eigenvalue weighted by Crippen LogP contribution is -2.68. The molecule has 182 valence electrons. The smallest absolute Gasteiger partial charge is 0.273 e. The standard InChI is InChI=1S/C27H30N4O4/c1-35-18-9-10-19-21(12-18)29-24-22(13-32)31(26(34)20-8-4-5-11-28-20)16-27(23(19)24)14-30(15-27)25(33)17-6-2-3-7-17/h4-5,8-12,17,22,29,32H,2-3,6-7,13-16H2,1H3/t22-/m1/s1. The van der Waals surface area contributed by atoms with Gasteiger partial charge in [0.05, 0.1) is 25.2 Å². The largest absolute Gasteiger partial charge is 0.497 e. The Morgan fingerprint density at radius 3 is 2.66 bits per heavy atom. The summed E-state index contributed by atoms with van der Waals surface area (Å²) in [7, 11) is 1.63. The molecule has 0 bridgehead atoms. The molecule has 1 saturated carbocycles. The summed E-state index contributed by atoms with van der Waals surface area (Å²) in [6, 6.07) is 10.7. The van der Waals surface area contributed by atoms with Crippen molar-refractivity contribution in [1.29, 1.82) is 0 Å². The number of ether oxygens (including phenoxy) is 1. The number of hydrogen-bond acceptors (Lipinski definition) is 5. The second-order valence-electron chi connectivity index (χ2n) is 10.1. The molecule has 3 aliphatic rings. The molecule has 4 heterocycles. The van der Waals surface area contributed by atoms with Gasteiger partial charge in [0.25, 0.3) is 5.91 Å². The highest BCUT2D eigenvalue weighted by Crippen LogP contribution is 2.49. The molecule has 2 fully saturated rings. The summed E-state index contributed by atoms with van der Waals surface area (Å²) >= 11 is 0.